The maximum Gasteiger partial charge on any atom is 0.334 e. The van der Waals surface area contributed by atoms with Crippen molar-refractivity contribution in [2.45, 2.75) is 76.8 Å². The molecule has 0 unspecified atom stereocenters. The smallest absolute Gasteiger partial charge is 0.334 e. The molecule has 3 heterocycles. The molecule has 0 saturated carbocycles. The van der Waals surface area contributed by atoms with Gasteiger partial charge in [0.2, 0.25) is 0 Å². The molecule has 6 heteroatoms. The SMILES string of the molecule is C=C1C(=O)O[C@@H]2[C@@H]1C[C@H]1O[C@H]2/C(C)=C/CC/C(C)=C/CC[C@]1(O)COC(C)=O. The molecule has 3 aliphatic heterocycles. The summed E-state index contributed by atoms with van der Waals surface area (Å²) in [4.78, 5) is 23.5. The maximum absolute atomic E-state index is 12.1. The van der Waals surface area contributed by atoms with Crippen LogP contribution in [0.5, 0.6) is 0 Å². The molecule has 0 amide bonds. The van der Waals surface area contributed by atoms with Crippen molar-refractivity contribution in [1.82, 2.24) is 0 Å². The summed E-state index contributed by atoms with van der Waals surface area (Å²) in [7, 11) is 0. The largest absolute Gasteiger partial charge is 0.463 e. The lowest BCUT2D eigenvalue weighted by atomic mass is 9.77. The summed E-state index contributed by atoms with van der Waals surface area (Å²) in [5.74, 6) is -1.07. The summed E-state index contributed by atoms with van der Waals surface area (Å²) in [6.07, 6.45) is 6.01. The van der Waals surface area contributed by atoms with Gasteiger partial charge in [0, 0.05) is 18.4 Å². The number of carbonyl (C=O) groups is 2. The van der Waals surface area contributed by atoms with Crippen molar-refractivity contribution in [3.8, 4) is 0 Å². The number of fused-ring (bicyclic) bond motifs is 4. The third-order valence-electron chi connectivity index (χ3n) is 6.08. The van der Waals surface area contributed by atoms with Crippen LogP contribution < -0.4 is 0 Å². The topological polar surface area (TPSA) is 82.1 Å². The third-order valence-corrected chi connectivity index (χ3v) is 6.08. The molecule has 0 aromatic rings. The summed E-state index contributed by atoms with van der Waals surface area (Å²) in [6, 6.07) is 0. The van der Waals surface area contributed by atoms with Gasteiger partial charge in [-0.3, -0.25) is 4.79 Å². The van der Waals surface area contributed by atoms with Gasteiger partial charge in [-0.15, -0.1) is 0 Å². The Balaban J connectivity index is 1.97. The van der Waals surface area contributed by atoms with Crippen molar-refractivity contribution >= 4 is 11.9 Å². The van der Waals surface area contributed by atoms with Crippen LogP contribution in [0.3, 0.4) is 0 Å². The number of hydrogen-bond donors (Lipinski definition) is 1. The van der Waals surface area contributed by atoms with Crippen LogP contribution in [0, 0.1) is 5.92 Å². The highest BCUT2D eigenvalue weighted by Crippen LogP contribution is 2.44. The van der Waals surface area contributed by atoms with Crippen LogP contribution in [0.4, 0.5) is 0 Å². The highest BCUT2D eigenvalue weighted by atomic mass is 16.6. The molecule has 3 aliphatic rings. The number of esters is 2. The molecular weight excluding hydrogens is 360 g/mol. The van der Waals surface area contributed by atoms with E-state index in [0.717, 1.165) is 18.4 Å². The molecule has 0 aromatic heterocycles. The monoisotopic (exact) mass is 390 g/mol. The second-order valence-electron chi connectivity index (χ2n) is 8.24. The first-order valence-electron chi connectivity index (χ1n) is 9.94. The summed E-state index contributed by atoms with van der Waals surface area (Å²) < 4.78 is 17.1. The zero-order valence-corrected chi connectivity index (χ0v) is 16.9. The van der Waals surface area contributed by atoms with Gasteiger partial charge in [-0.25, -0.2) is 4.79 Å². The Hall–Kier alpha value is -1.92. The van der Waals surface area contributed by atoms with Gasteiger partial charge in [0.05, 0.1) is 6.10 Å². The predicted octanol–water partition coefficient (Wildman–Crippen LogP) is 3.00. The van der Waals surface area contributed by atoms with E-state index < -0.39 is 35.9 Å². The van der Waals surface area contributed by atoms with Gasteiger partial charge in [0.1, 0.15) is 24.4 Å². The van der Waals surface area contributed by atoms with Gasteiger partial charge in [0.15, 0.2) is 0 Å². The van der Waals surface area contributed by atoms with E-state index in [1.54, 1.807) is 0 Å². The summed E-state index contributed by atoms with van der Waals surface area (Å²) in [5, 5.41) is 11.5. The zero-order chi connectivity index (χ0) is 20.5. The predicted molar refractivity (Wildman–Crippen MR) is 103 cm³/mol. The molecule has 2 saturated heterocycles. The average molecular weight is 390 g/mol. The Labute approximate surface area is 166 Å². The fourth-order valence-electron chi connectivity index (χ4n) is 4.30. The van der Waals surface area contributed by atoms with E-state index in [4.69, 9.17) is 14.2 Å². The van der Waals surface area contributed by atoms with Crippen LogP contribution >= 0.6 is 0 Å². The molecule has 0 aromatic carbocycles. The number of hydrogen-bond acceptors (Lipinski definition) is 6. The minimum absolute atomic E-state index is 0.145. The van der Waals surface area contributed by atoms with E-state index in [9.17, 15) is 14.7 Å². The molecule has 1 N–H and O–H groups in total. The molecule has 0 radical (unpaired) electrons. The van der Waals surface area contributed by atoms with Gasteiger partial charge >= 0.3 is 11.9 Å². The highest BCUT2D eigenvalue weighted by molar-refractivity contribution is 5.91. The van der Waals surface area contributed by atoms with Crippen LogP contribution in [0.15, 0.2) is 35.5 Å². The normalized spacial score (nSPS) is 40.0. The molecule has 6 nitrogen and oxygen atoms in total. The molecule has 28 heavy (non-hydrogen) atoms. The zero-order valence-electron chi connectivity index (χ0n) is 16.9. The van der Waals surface area contributed by atoms with Crippen LogP contribution in [-0.2, 0) is 23.8 Å². The molecule has 154 valence electrons. The van der Waals surface area contributed by atoms with Crippen molar-refractivity contribution in [1.29, 1.82) is 0 Å². The lowest BCUT2D eigenvalue weighted by Gasteiger charge is -2.44. The van der Waals surface area contributed by atoms with Crippen molar-refractivity contribution in [2.75, 3.05) is 6.61 Å². The molecule has 2 bridgehead atoms. The third kappa shape index (κ3) is 4.23. The minimum Gasteiger partial charge on any atom is -0.463 e. The molecule has 3 rings (SSSR count). The average Bonchev–Trinajstić information content (AvgIpc) is 2.93. The van der Waals surface area contributed by atoms with Crippen molar-refractivity contribution in [3.63, 3.8) is 0 Å². The molecular formula is C22H30O6. The number of aliphatic hydroxyl groups is 1. The second-order valence-corrected chi connectivity index (χ2v) is 8.24. The number of rotatable bonds is 2. The maximum atomic E-state index is 12.1. The van der Waals surface area contributed by atoms with Gasteiger partial charge < -0.3 is 19.3 Å². The van der Waals surface area contributed by atoms with E-state index >= 15 is 0 Å². The quantitative estimate of drug-likeness (QED) is 0.443. The number of ether oxygens (including phenoxy) is 3. The summed E-state index contributed by atoms with van der Waals surface area (Å²) in [5.41, 5.74) is 1.31. The number of allylic oxidation sites excluding steroid dienone is 3. The van der Waals surface area contributed by atoms with E-state index in [-0.39, 0.29) is 12.5 Å². The molecule has 2 fully saturated rings. The fraction of sp³-hybridized carbons (Fsp3) is 0.636. The van der Waals surface area contributed by atoms with Crippen molar-refractivity contribution < 1.29 is 28.9 Å². The van der Waals surface area contributed by atoms with E-state index in [1.807, 2.05) is 6.92 Å². The highest BCUT2D eigenvalue weighted by Gasteiger charge is 2.53. The molecule has 5 atom stereocenters. The Morgan fingerprint density at radius 2 is 2.11 bits per heavy atom. The Bertz CT molecular complexity index is 721. The van der Waals surface area contributed by atoms with Gasteiger partial charge in [-0.05, 0) is 51.5 Å². The van der Waals surface area contributed by atoms with Crippen LogP contribution in [0.2, 0.25) is 0 Å². The lowest BCUT2D eigenvalue weighted by molar-refractivity contribution is -0.206. The minimum atomic E-state index is -1.35. The Kier molecular flexibility index (Phi) is 6.10. The van der Waals surface area contributed by atoms with Gasteiger partial charge in [0.25, 0.3) is 0 Å². The summed E-state index contributed by atoms with van der Waals surface area (Å²) >= 11 is 0. The van der Waals surface area contributed by atoms with Crippen molar-refractivity contribution in [3.05, 3.63) is 35.5 Å². The van der Waals surface area contributed by atoms with Crippen LogP contribution in [0.1, 0.15) is 52.9 Å². The standard InChI is InChI=1S/C22H30O6/c1-13-7-5-9-14(2)19-20-17(15(3)21(24)28-20)11-18(27-19)22(25,10-6-8-13)12-26-16(4)23/h8-9,17-20,25H,3,5-7,10-12H2,1-2,4H3/b13-8+,14-9+/t17-,18-,19+,20-,22+/m1/s1. The molecule has 0 spiro atoms. The Morgan fingerprint density at radius 3 is 2.82 bits per heavy atom. The lowest BCUT2D eigenvalue weighted by Crippen LogP contribution is -2.56. The molecule has 0 aliphatic carbocycles. The summed E-state index contributed by atoms with van der Waals surface area (Å²) in [6.45, 7) is 9.13. The van der Waals surface area contributed by atoms with Crippen LogP contribution in [-0.4, -0.2) is 47.6 Å². The van der Waals surface area contributed by atoms with Gasteiger partial charge in [-0.1, -0.05) is 24.3 Å². The van der Waals surface area contributed by atoms with Crippen LogP contribution in [0.25, 0.3) is 0 Å². The first kappa shape index (κ1) is 20.8. The first-order chi connectivity index (χ1) is 13.2. The van der Waals surface area contributed by atoms with Gasteiger partial charge in [-0.2, -0.15) is 0 Å². The van der Waals surface area contributed by atoms with E-state index in [0.29, 0.717) is 24.8 Å². The van der Waals surface area contributed by atoms with E-state index in [1.165, 1.54) is 12.5 Å². The van der Waals surface area contributed by atoms with E-state index in [2.05, 4.69) is 25.7 Å². The number of carbonyl (C=O) groups excluding carboxylic acids is 2. The first-order valence-corrected chi connectivity index (χ1v) is 9.94. The Morgan fingerprint density at radius 1 is 1.36 bits per heavy atom. The van der Waals surface area contributed by atoms with Crippen molar-refractivity contribution in [2.24, 2.45) is 5.92 Å². The second kappa shape index (κ2) is 8.21. The fourth-order valence-corrected chi connectivity index (χ4v) is 4.30.